The minimum atomic E-state index is 0.0427. The molecule has 110 valence electrons. The molecular weight excluding hydrogens is 254 g/mol. The van der Waals surface area contributed by atoms with Crippen molar-refractivity contribution in [2.24, 2.45) is 5.92 Å². The van der Waals surface area contributed by atoms with Crippen molar-refractivity contribution >= 4 is 5.91 Å². The quantitative estimate of drug-likeness (QED) is 0.845. The highest BCUT2D eigenvalue weighted by atomic mass is 16.5. The average molecular weight is 277 g/mol. The summed E-state index contributed by atoms with van der Waals surface area (Å²) < 4.78 is 5.24. The van der Waals surface area contributed by atoms with Gasteiger partial charge in [-0.15, -0.1) is 0 Å². The standard InChI is InChI=1S/C15H23N3O2/c1-3-4-13-7-14(16-20-13)15(19)18-9-11-5-6-12(18)10-17(2)8-11/h7,11-12H,3-6,8-10H2,1-2H3/t11-,12+/m0/s1. The Balaban J connectivity index is 1.76. The van der Waals surface area contributed by atoms with E-state index in [1.165, 1.54) is 6.42 Å². The molecule has 0 spiro atoms. The van der Waals surface area contributed by atoms with Crippen LogP contribution in [0.5, 0.6) is 0 Å². The number of piperidine rings is 1. The number of aryl methyl sites for hydroxylation is 1. The van der Waals surface area contributed by atoms with Gasteiger partial charge < -0.3 is 14.3 Å². The average Bonchev–Trinajstić information content (AvgIpc) is 2.73. The highest BCUT2D eigenvalue weighted by Crippen LogP contribution is 2.28. The smallest absolute Gasteiger partial charge is 0.276 e. The number of nitrogens with zero attached hydrogens (tertiary/aromatic N) is 3. The van der Waals surface area contributed by atoms with Crippen LogP contribution in [0.15, 0.2) is 10.6 Å². The molecule has 0 radical (unpaired) electrons. The largest absolute Gasteiger partial charge is 0.361 e. The maximum atomic E-state index is 12.7. The molecular formula is C15H23N3O2. The first-order valence-electron chi connectivity index (χ1n) is 7.62. The van der Waals surface area contributed by atoms with E-state index in [0.717, 1.165) is 44.7 Å². The van der Waals surface area contributed by atoms with E-state index < -0.39 is 0 Å². The Labute approximate surface area is 119 Å². The van der Waals surface area contributed by atoms with Crippen LogP contribution in [0.2, 0.25) is 0 Å². The maximum Gasteiger partial charge on any atom is 0.276 e. The number of carbonyl (C=O) groups excluding carboxylic acids is 1. The van der Waals surface area contributed by atoms with Crippen molar-refractivity contribution in [1.29, 1.82) is 0 Å². The van der Waals surface area contributed by atoms with E-state index in [9.17, 15) is 4.79 Å². The Kier molecular flexibility index (Phi) is 3.78. The molecule has 0 aromatic carbocycles. The summed E-state index contributed by atoms with van der Waals surface area (Å²) in [6.07, 6.45) is 4.19. The predicted molar refractivity (Wildman–Crippen MR) is 75.5 cm³/mol. The van der Waals surface area contributed by atoms with E-state index >= 15 is 0 Å². The van der Waals surface area contributed by atoms with Crippen LogP contribution < -0.4 is 0 Å². The van der Waals surface area contributed by atoms with Crippen molar-refractivity contribution in [3.05, 3.63) is 17.5 Å². The lowest BCUT2D eigenvalue weighted by Crippen LogP contribution is -2.47. The van der Waals surface area contributed by atoms with E-state index in [1.54, 1.807) is 0 Å². The van der Waals surface area contributed by atoms with Gasteiger partial charge in [-0.3, -0.25) is 4.79 Å². The fraction of sp³-hybridized carbons (Fsp3) is 0.733. The summed E-state index contributed by atoms with van der Waals surface area (Å²) in [5.41, 5.74) is 0.476. The Hall–Kier alpha value is -1.36. The summed E-state index contributed by atoms with van der Waals surface area (Å²) in [6.45, 7) is 5.03. The van der Waals surface area contributed by atoms with Gasteiger partial charge in [0.25, 0.3) is 5.91 Å². The molecule has 3 fully saturated rings. The maximum absolute atomic E-state index is 12.7. The monoisotopic (exact) mass is 277 g/mol. The molecule has 3 aliphatic heterocycles. The van der Waals surface area contributed by atoms with E-state index in [-0.39, 0.29) is 5.91 Å². The molecule has 0 unspecified atom stereocenters. The first-order valence-corrected chi connectivity index (χ1v) is 7.62. The highest BCUT2D eigenvalue weighted by molar-refractivity contribution is 5.92. The summed E-state index contributed by atoms with van der Waals surface area (Å²) in [5, 5.41) is 3.96. The van der Waals surface area contributed by atoms with Gasteiger partial charge in [0, 0.05) is 38.2 Å². The fourth-order valence-corrected chi connectivity index (χ4v) is 3.49. The summed E-state index contributed by atoms with van der Waals surface area (Å²) in [7, 11) is 2.15. The lowest BCUT2D eigenvalue weighted by molar-refractivity contribution is 0.0576. The van der Waals surface area contributed by atoms with Crippen LogP contribution >= 0.6 is 0 Å². The Morgan fingerprint density at radius 1 is 1.40 bits per heavy atom. The van der Waals surface area contributed by atoms with Crippen LogP contribution in [-0.2, 0) is 6.42 Å². The molecule has 1 aromatic heterocycles. The van der Waals surface area contributed by atoms with Gasteiger partial charge in [-0.2, -0.15) is 0 Å². The van der Waals surface area contributed by atoms with Gasteiger partial charge >= 0.3 is 0 Å². The van der Waals surface area contributed by atoms with Crippen LogP contribution in [-0.4, -0.2) is 53.6 Å². The zero-order chi connectivity index (χ0) is 14.1. The van der Waals surface area contributed by atoms with Crippen molar-refractivity contribution in [3.8, 4) is 0 Å². The second-order valence-electron chi connectivity index (χ2n) is 6.20. The van der Waals surface area contributed by atoms with Crippen molar-refractivity contribution in [2.45, 2.75) is 38.6 Å². The number of rotatable bonds is 3. The molecule has 3 aliphatic rings. The highest BCUT2D eigenvalue weighted by Gasteiger charge is 2.37. The van der Waals surface area contributed by atoms with E-state index in [4.69, 9.17) is 4.52 Å². The van der Waals surface area contributed by atoms with E-state index in [0.29, 0.717) is 17.7 Å². The first-order chi connectivity index (χ1) is 9.67. The van der Waals surface area contributed by atoms with Crippen LogP contribution in [0.25, 0.3) is 0 Å². The first kappa shape index (κ1) is 13.6. The zero-order valence-electron chi connectivity index (χ0n) is 12.3. The lowest BCUT2D eigenvalue weighted by atomic mass is 9.94. The molecule has 0 saturated carbocycles. The number of hydrogen-bond acceptors (Lipinski definition) is 4. The zero-order valence-corrected chi connectivity index (χ0v) is 12.3. The van der Waals surface area contributed by atoms with Gasteiger partial charge in [-0.05, 0) is 32.2 Å². The number of hydrogen-bond donors (Lipinski definition) is 0. The minimum Gasteiger partial charge on any atom is -0.361 e. The molecule has 1 aromatic rings. The molecule has 1 amide bonds. The van der Waals surface area contributed by atoms with Gasteiger partial charge in [0.2, 0.25) is 0 Å². The Morgan fingerprint density at radius 2 is 2.25 bits per heavy atom. The SMILES string of the molecule is CCCc1cc(C(=O)N2C[C@H]3CC[C@@H]2CN(C)C3)no1. The van der Waals surface area contributed by atoms with E-state index in [1.807, 2.05) is 11.0 Å². The van der Waals surface area contributed by atoms with Crippen molar-refractivity contribution in [3.63, 3.8) is 0 Å². The van der Waals surface area contributed by atoms with Crippen LogP contribution in [0.3, 0.4) is 0 Å². The topological polar surface area (TPSA) is 49.6 Å². The van der Waals surface area contributed by atoms with Crippen LogP contribution in [0.4, 0.5) is 0 Å². The van der Waals surface area contributed by atoms with Gasteiger partial charge in [-0.25, -0.2) is 0 Å². The fourth-order valence-electron chi connectivity index (χ4n) is 3.49. The van der Waals surface area contributed by atoms with Crippen molar-refractivity contribution < 1.29 is 9.32 Å². The van der Waals surface area contributed by atoms with E-state index in [2.05, 4.69) is 24.0 Å². The summed E-state index contributed by atoms with van der Waals surface area (Å²) in [4.78, 5) is 17.0. The number of fused-ring (bicyclic) bond motifs is 4. The minimum absolute atomic E-state index is 0.0427. The third-order valence-corrected chi connectivity index (χ3v) is 4.43. The third kappa shape index (κ3) is 2.59. The second-order valence-corrected chi connectivity index (χ2v) is 6.20. The third-order valence-electron chi connectivity index (χ3n) is 4.43. The number of likely N-dealkylation sites (N-methyl/N-ethyl adjacent to an activating group) is 1. The molecule has 2 atom stereocenters. The normalized spacial score (nSPS) is 26.8. The van der Waals surface area contributed by atoms with Gasteiger partial charge in [0.05, 0.1) is 0 Å². The summed E-state index contributed by atoms with van der Waals surface area (Å²) in [6, 6.07) is 2.14. The summed E-state index contributed by atoms with van der Waals surface area (Å²) >= 11 is 0. The number of carbonyl (C=O) groups is 1. The molecule has 3 saturated heterocycles. The predicted octanol–water partition coefficient (Wildman–Crippen LogP) is 1.79. The van der Waals surface area contributed by atoms with Gasteiger partial charge in [0.15, 0.2) is 5.69 Å². The Morgan fingerprint density at radius 3 is 3.05 bits per heavy atom. The second kappa shape index (κ2) is 5.56. The molecule has 5 heteroatoms. The van der Waals surface area contributed by atoms with Crippen molar-refractivity contribution in [2.75, 3.05) is 26.7 Å². The van der Waals surface area contributed by atoms with Crippen LogP contribution in [0.1, 0.15) is 42.4 Å². The molecule has 20 heavy (non-hydrogen) atoms. The van der Waals surface area contributed by atoms with Gasteiger partial charge in [-0.1, -0.05) is 12.1 Å². The van der Waals surface area contributed by atoms with Crippen molar-refractivity contribution in [1.82, 2.24) is 15.0 Å². The summed E-state index contributed by atoms with van der Waals surface area (Å²) in [5.74, 6) is 1.46. The lowest BCUT2D eigenvalue weighted by Gasteiger charge is -2.35. The number of aromatic nitrogens is 1. The molecule has 4 heterocycles. The molecule has 4 rings (SSSR count). The van der Waals surface area contributed by atoms with Crippen LogP contribution in [0, 0.1) is 5.92 Å². The molecule has 0 aliphatic carbocycles. The molecule has 5 nitrogen and oxygen atoms in total. The Bertz CT molecular complexity index is 485. The molecule has 2 bridgehead atoms. The molecule has 0 N–H and O–H groups in total. The van der Waals surface area contributed by atoms with Gasteiger partial charge in [0.1, 0.15) is 5.76 Å². The number of amides is 1.